The number of carbonyl (C=O) groups is 3. The lowest BCUT2D eigenvalue weighted by atomic mass is 9.94. The quantitative estimate of drug-likeness (QED) is 0.673. The smallest absolute Gasteiger partial charge is 0.446 e. The molecular formula is C21H22F3N4O4+. The van der Waals surface area contributed by atoms with E-state index in [1.165, 1.54) is 25.4 Å². The van der Waals surface area contributed by atoms with Gasteiger partial charge in [0.15, 0.2) is 12.5 Å². The highest BCUT2D eigenvalue weighted by atomic mass is 19.4. The van der Waals surface area contributed by atoms with Crippen molar-refractivity contribution in [1.82, 2.24) is 4.90 Å². The van der Waals surface area contributed by atoms with E-state index in [1.807, 2.05) is 6.92 Å². The number of benzene rings is 1. The summed E-state index contributed by atoms with van der Waals surface area (Å²) in [5, 5.41) is 2.15. The molecule has 2 heterocycles. The summed E-state index contributed by atoms with van der Waals surface area (Å²) in [5.74, 6) is -2.18. The van der Waals surface area contributed by atoms with Crippen molar-refractivity contribution in [2.24, 2.45) is 10.9 Å². The Bertz CT molecular complexity index is 1060. The number of dihydropyridines is 1. The number of aliphatic imine (C=N–C) groups is 1. The Hall–Kier alpha value is -3.50. The number of para-hydroxylation sites is 1. The molecule has 32 heavy (non-hydrogen) atoms. The van der Waals surface area contributed by atoms with Crippen molar-refractivity contribution in [3.63, 3.8) is 0 Å². The summed E-state index contributed by atoms with van der Waals surface area (Å²) in [7, 11) is 1.40. The number of anilines is 1. The Morgan fingerprint density at radius 2 is 1.94 bits per heavy atom. The first-order chi connectivity index (χ1) is 15.1. The number of allylic oxidation sites excluding steroid dienone is 1. The molecule has 2 aliphatic rings. The number of rotatable bonds is 6. The van der Waals surface area contributed by atoms with Crippen molar-refractivity contribution < 1.29 is 36.9 Å². The fraction of sp³-hybridized carbons (Fsp3) is 0.381. The average molecular weight is 451 g/mol. The number of carbonyl (C=O) groups excluding carboxylic acids is 3. The molecule has 0 saturated heterocycles. The molecule has 170 valence electrons. The predicted octanol–water partition coefficient (Wildman–Crippen LogP) is 3.05. The van der Waals surface area contributed by atoms with E-state index >= 15 is 0 Å². The lowest BCUT2D eigenvalue weighted by molar-refractivity contribution is -0.408. The third kappa shape index (κ3) is 4.27. The highest BCUT2D eigenvalue weighted by Gasteiger charge is 2.51. The van der Waals surface area contributed by atoms with Crippen LogP contribution in [0.4, 0.5) is 23.7 Å². The molecular weight excluding hydrogens is 429 g/mol. The Kier molecular flexibility index (Phi) is 6.47. The summed E-state index contributed by atoms with van der Waals surface area (Å²) >= 11 is 0. The molecule has 0 bridgehead atoms. The van der Waals surface area contributed by atoms with E-state index in [1.54, 1.807) is 6.92 Å². The molecule has 11 heteroatoms. The number of nitrogens with one attached hydrogen (secondary N) is 1. The van der Waals surface area contributed by atoms with Crippen LogP contribution in [-0.4, -0.2) is 59.6 Å². The Labute approximate surface area is 182 Å². The van der Waals surface area contributed by atoms with Crippen molar-refractivity contribution in [3.05, 3.63) is 41.2 Å². The second-order valence-corrected chi connectivity index (χ2v) is 7.08. The van der Waals surface area contributed by atoms with E-state index in [9.17, 15) is 27.6 Å². The minimum absolute atomic E-state index is 0.166. The molecule has 1 aromatic carbocycles. The summed E-state index contributed by atoms with van der Waals surface area (Å²) in [6, 6.07) is 3.64. The third-order valence-corrected chi connectivity index (χ3v) is 5.05. The van der Waals surface area contributed by atoms with Gasteiger partial charge in [-0.05, 0) is 25.5 Å². The first-order valence-corrected chi connectivity index (χ1v) is 9.92. The molecule has 1 N–H and O–H groups in total. The number of fused-ring (bicyclic) bond motifs is 1. The largest absolute Gasteiger partial charge is 0.496 e. The van der Waals surface area contributed by atoms with Crippen molar-refractivity contribution in [3.8, 4) is 0 Å². The summed E-state index contributed by atoms with van der Waals surface area (Å²) in [6.45, 7) is 3.12. The summed E-state index contributed by atoms with van der Waals surface area (Å²) in [4.78, 5) is 43.4. The van der Waals surface area contributed by atoms with Gasteiger partial charge in [-0.25, -0.2) is 4.79 Å². The van der Waals surface area contributed by atoms with Crippen LogP contribution in [0, 0.1) is 5.92 Å². The molecule has 0 spiro atoms. The molecule has 1 unspecified atom stereocenters. The van der Waals surface area contributed by atoms with Crippen molar-refractivity contribution in [2.75, 3.05) is 25.5 Å². The van der Waals surface area contributed by atoms with Gasteiger partial charge in [0, 0.05) is 5.57 Å². The molecule has 1 aromatic rings. The zero-order valence-corrected chi connectivity index (χ0v) is 17.7. The Morgan fingerprint density at radius 1 is 1.25 bits per heavy atom. The number of nitrogens with zero attached hydrogens (tertiary/aromatic N) is 3. The highest BCUT2D eigenvalue weighted by Crippen LogP contribution is 2.34. The van der Waals surface area contributed by atoms with Crippen molar-refractivity contribution in [2.45, 2.75) is 26.4 Å². The van der Waals surface area contributed by atoms with Crippen LogP contribution in [-0.2, 0) is 20.5 Å². The summed E-state index contributed by atoms with van der Waals surface area (Å²) in [6.07, 6.45) is -2.62. The van der Waals surface area contributed by atoms with Crippen molar-refractivity contribution in [1.29, 1.82) is 0 Å². The van der Waals surface area contributed by atoms with Gasteiger partial charge in [0.25, 0.3) is 11.7 Å². The number of halogens is 3. The number of alkyl halides is 3. The van der Waals surface area contributed by atoms with Crippen LogP contribution >= 0.6 is 0 Å². The first-order valence-electron chi connectivity index (χ1n) is 9.92. The van der Waals surface area contributed by atoms with Gasteiger partial charge in [-0.15, -0.1) is 4.99 Å². The fourth-order valence-electron chi connectivity index (χ4n) is 3.53. The second kappa shape index (κ2) is 8.93. The SMILES string of the molecule is CCOC1=C(CC)C=NC2=[N+](C)C(=O)N(CC(=O)Nc3ccccc3C(F)(F)F)C(=O)C12. The summed E-state index contributed by atoms with van der Waals surface area (Å²) in [5.41, 5.74) is -0.818. The first kappa shape index (κ1) is 23.2. The van der Waals surface area contributed by atoms with Crippen molar-refractivity contribution >= 4 is 35.6 Å². The van der Waals surface area contributed by atoms with Gasteiger partial charge in [0.2, 0.25) is 0 Å². The fourth-order valence-corrected chi connectivity index (χ4v) is 3.53. The maximum atomic E-state index is 13.2. The predicted molar refractivity (Wildman–Crippen MR) is 109 cm³/mol. The average Bonchev–Trinajstić information content (AvgIpc) is 2.74. The van der Waals surface area contributed by atoms with Gasteiger partial charge in [0.05, 0.1) is 24.9 Å². The molecule has 2 aliphatic heterocycles. The molecule has 8 nitrogen and oxygen atoms in total. The van der Waals surface area contributed by atoms with E-state index < -0.39 is 47.7 Å². The molecule has 0 radical (unpaired) electrons. The normalized spacial score (nSPS) is 18.8. The van der Waals surface area contributed by atoms with Crippen LogP contribution in [0.3, 0.4) is 0 Å². The van der Waals surface area contributed by atoms with Gasteiger partial charge in [-0.3, -0.25) is 9.59 Å². The van der Waals surface area contributed by atoms with Gasteiger partial charge in [0.1, 0.15) is 12.0 Å². The molecule has 1 atom stereocenters. The van der Waals surface area contributed by atoms with Crippen LogP contribution < -0.4 is 5.32 Å². The number of ether oxygens (including phenoxy) is 1. The molecule has 0 saturated carbocycles. The van der Waals surface area contributed by atoms with Crippen LogP contribution in [0.25, 0.3) is 0 Å². The third-order valence-electron chi connectivity index (χ3n) is 5.05. The molecule has 0 aliphatic carbocycles. The number of imide groups is 1. The number of hydrogen-bond donors (Lipinski definition) is 1. The van der Waals surface area contributed by atoms with Crippen LogP contribution in [0.5, 0.6) is 0 Å². The van der Waals surface area contributed by atoms with E-state index in [4.69, 9.17) is 4.74 Å². The summed E-state index contributed by atoms with van der Waals surface area (Å²) < 4.78 is 46.4. The molecule has 3 rings (SSSR count). The lowest BCUT2D eigenvalue weighted by Gasteiger charge is -2.29. The number of urea groups is 1. The van der Waals surface area contributed by atoms with Gasteiger partial charge < -0.3 is 10.1 Å². The monoisotopic (exact) mass is 451 g/mol. The Balaban J connectivity index is 1.89. The van der Waals surface area contributed by atoms with Crippen LogP contribution in [0.1, 0.15) is 25.8 Å². The van der Waals surface area contributed by atoms with Crippen LogP contribution in [0.15, 0.2) is 40.6 Å². The minimum atomic E-state index is -4.68. The maximum absolute atomic E-state index is 13.2. The van der Waals surface area contributed by atoms with Gasteiger partial charge >= 0.3 is 18.1 Å². The van der Waals surface area contributed by atoms with Gasteiger partial charge in [-0.2, -0.15) is 22.6 Å². The highest BCUT2D eigenvalue weighted by molar-refractivity contribution is 6.17. The van der Waals surface area contributed by atoms with E-state index in [0.29, 0.717) is 22.7 Å². The van der Waals surface area contributed by atoms with E-state index in [-0.39, 0.29) is 12.4 Å². The van der Waals surface area contributed by atoms with Crippen LogP contribution in [0.2, 0.25) is 0 Å². The van der Waals surface area contributed by atoms with E-state index in [2.05, 4.69) is 10.3 Å². The molecule has 4 amide bonds. The minimum Gasteiger partial charge on any atom is -0.496 e. The Morgan fingerprint density at radius 3 is 2.56 bits per heavy atom. The number of amides is 4. The topological polar surface area (TPSA) is 91.1 Å². The maximum Gasteiger partial charge on any atom is 0.446 e. The second-order valence-electron chi connectivity index (χ2n) is 7.08. The molecule has 0 fully saturated rings. The lowest BCUT2D eigenvalue weighted by Crippen LogP contribution is -2.56. The molecule has 0 aromatic heterocycles. The zero-order chi connectivity index (χ0) is 23.6. The number of amidine groups is 1. The standard InChI is InChI=1S/C21H21F3N4O4/c1-4-12-10-25-18-16(17(12)32-5-2)19(30)28(20(31)27(18)3)11-15(29)26-14-9-7-6-8-13(14)21(22,23)24/h6-10,16H,4-5,11H2,1-3H3/p+1. The van der Waals surface area contributed by atoms with Gasteiger partial charge in [-0.1, -0.05) is 19.1 Å². The zero-order valence-electron chi connectivity index (χ0n) is 17.7. The van der Waals surface area contributed by atoms with E-state index in [0.717, 1.165) is 16.7 Å². The number of hydrogen-bond acceptors (Lipinski definition) is 5.